The van der Waals surface area contributed by atoms with Gasteiger partial charge in [0.15, 0.2) is 0 Å². The molecule has 1 aromatic carbocycles. The van der Waals surface area contributed by atoms with Gasteiger partial charge in [0.2, 0.25) is 0 Å². The van der Waals surface area contributed by atoms with Crippen molar-refractivity contribution in [1.29, 1.82) is 0 Å². The minimum absolute atomic E-state index is 0.139. The fourth-order valence-electron chi connectivity index (χ4n) is 3.41. The molecule has 1 atom stereocenters. The molecule has 1 aliphatic heterocycles. The molecule has 29 heavy (non-hydrogen) atoms. The Hall–Kier alpha value is -2.97. The van der Waals surface area contributed by atoms with Gasteiger partial charge in [-0.3, -0.25) is 9.48 Å². The summed E-state index contributed by atoms with van der Waals surface area (Å²) in [5, 5.41) is 12.7. The fraction of sp³-hybridized carbons (Fsp3) is 0.400. The standard InChI is InChI=1S/C20H24F3N5O/c1-4-17(12(2)25-11-20(21,22)23)27-15-7-13-5-6-24-19(29)18(13)16(8-15)14-9-26-28(3)10-14/h7-10,17,25,27H,2,4-6,11H2,1,3H3,(H,24,29)/t17-/m1/s1. The summed E-state index contributed by atoms with van der Waals surface area (Å²) >= 11 is 0. The number of hydrogen-bond acceptors (Lipinski definition) is 4. The van der Waals surface area contributed by atoms with E-state index in [2.05, 4.69) is 27.6 Å². The van der Waals surface area contributed by atoms with Crippen LogP contribution in [0.4, 0.5) is 18.9 Å². The maximum absolute atomic E-state index is 12.5. The molecule has 156 valence electrons. The number of nitrogens with zero attached hydrogens (tertiary/aromatic N) is 2. The molecule has 0 radical (unpaired) electrons. The van der Waals surface area contributed by atoms with Gasteiger partial charge in [-0.25, -0.2) is 0 Å². The molecule has 1 amide bonds. The zero-order valence-electron chi connectivity index (χ0n) is 16.4. The van der Waals surface area contributed by atoms with Gasteiger partial charge in [0.05, 0.1) is 17.8 Å². The van der Waals surface area contributed by atoms with Crippen LogP contribution < -0.4 is 16.0 Å². The molecule has 0 spiro atoms. The monoisotopic (exact) mass is 407 g/mol. The van der Waals surface area contributed by atoms with Crippen molar-refractivity contribution in [2.24, 2.45) is 7.05 Å². The van der Waals surface area contributed by atoms with Crippen LogP contribution in [0.5, 0.6) is 0 Å². The Bertz CT molecular complexity index is 919. The van der Waals surface area contributed by atoms with Crippen molar-refractivity contribution >= 4 is 11.6 Å². The number of rotatable bonds is 7. The van der Waals surface area contributed by atoms with E-state index in [1.165, 1.54) is 0 Å². The Labute approximate surface area is 167 Å². The van der Waals surface area contributed by atoms with Gasteiger partial charge in [-0.2, -0.15) is 18.3 Å². The summed E-state index contributed by atoms with van der Waals surface area (Å²) in [7, 11) is 1.79. The van der Waals surface area contributed by atoms with Crippen LogP contribution in [0.3, 0.4) is 0 Å². The van der Waals surface area contributed by atoms with Gasteiger partial charge in [-0.1, -0.05) is 13.5 Å². The van der Waals surface area contributed by atoms with E-state index in [0.717, 1.165) is 22.4 Å². The second-order valence-electron chi connectivity index (χ2n) is 7.07. The minimum atomic E-state index is -4.31. The number of alkyl halides is 3. The normalized spacial score (nSPS) is 14.7. The lowest BCUT2D eigenvalue weighted by atomic mass is 9.91. The topological polar surface area (TPSA) is 71.0 Å². The van der Waals surface area contributed by atoms with Crippen LogP contribution in [0.1, 0.15) is 29.3 Å². The second-order valence-corrected chi connectivity index (χ2v) is 7.07. The first-order valence-electron chi connectivity index (χ1n) is 9.38. The van der Waals surface area contributed by atoms with Gasteiger partial charge in [0.1, 0.15) is 6.54 Å². The Kier molecular flexibility index (Phi) is 5.86. The number of hydrogen-bond donors (Lipinski definition) is 3. The highest BCUT2D eigenvalue weighted by atomic mass is 19.4. The van der Waals surface area contributed by atoms with Gasteiger partial charge in [-0.05, 0) is 36.1 Å². The SMILES string of the molecule is C=C(NCC(F)(F)F)[C@@H](CC)Nc1cc2c(c(-c3cnn(C)c3)c1)C(=O)NCC2. The first-order valence-corrected chi connectivity index (χ1v) is 9.38. The largest absolute Gasteiger partial charge is 0.405 e. The Morgan fingerprint density at radius 3 is 2.79 bits per heavy atom. The molecule has 2 aromatic rings. The van der Waals surface area contributed by atoms with E-state index in [1.54, 1.807) is 17.9 Å². The van der Waals surface area contributed by atoms with E-state index < -0.39 is 18.8 Å². The van der Waals surface area contributed by atoms with E-state index in [1.807, 2.05) is 25.3 Å². The lowest BCUT2D eigenvalue weighted by molar-refractivity contribution is -0.123. The molecule has 1 aliphatic rings. The van der Waals surface area contributed by atoms with Crippen LogP contribution in [0.25, 0.3) is 11.1 Å². The number of nitrogens with one attached hydrogen (secondary N) is 3. The zero-order valence-corrected chi connectivity index (χ0v) is 16.4. The Balaban J connectivity index is 1.91. The molecule has 0 unspecified atom stereocenters. The molecule has 3 N–H and O–H groups in total. The molecule has 3 rings (SSSR count). The number of halogens is 3. The number of anilines is 1. The van der Waals surface area contributed by atoms with Crippen LogP contribution in [-0.2, 0) is 13.5 Å². The van der Waals surface area contributed by atoms with Gasteiger partial charge >= 0.3 is 6.18 Å². The number of amides is 1. The first kappa shape index (κ1) is 20.8. The number of carbonyl (C=O) groups excluding carboxylic acids is 1. The maximum atomic E-state index is 12.5. The molecular weight excluding hydrogens is 383 g/mol. The molecule has 0 bridgehead atoms. The molecule has 0 aliphatic carbocycles. The number of fused-ring (bicyclic) bond motifs is 1. The van der Waals surface area contributed by atoms with Crippen molar-refractivity contribution in [3.05, 3.63) is 47.9 Å². The van der Waals surface area contributed by atoms with Crippen LogP contribution in [0.2, 0.25) is 0 Å². The first-order chi connectivity index (χ1) is 13.7. The highest BCUT2D eigenvalue weighted by molar-refractivity contribution is 6.03. The summed E-state index contributed by atoms with van der Waals surface area (Å²) in [5.74, 6) is -0.139. The third-order valence-electron chi connectivity index (χ3n) is 4.83. The zero-order chi connectivity index (χ0) is 21.2. The molecule has 0 saturated carbocycles. The van der Waals surface area contributed by atoms with Crippen LogP contribution in [-0.4, -0.2) is 41.0 Å². The fourth-order valence-corrected chi connectivity index (χ4v) is 3.41. The van der Waals surface area contributed by atoms with Crippen molar-refractivity contribution in [2.75, 3.05) is 18.4 Å². The molecule has 0 saturated heterocycles. The number of carbonyl (C=O) groups is 1. The van der Waals surface area contributed by atoms with Crippen molar-refractivity contribution in [1.82, 2.24) is 20.4 Å². The molecule has 9 heteroatoms. The van der Waals surface area contributed by atoms with Crippen molar-refractivity contribution < 1.29 is 18.0 Å². The van der Waals surface area contributed by atoms with E-state index in [-0.39, 0.29) is 11.6 Å². The summed E-state index contributed by atoms with van der Waals surface area (Å²) in [5.41, 5.74) is 4.02. The lowest BCUT2D eigenvalue weighted by Crippen LogP contribution is -2.35. The average Bonchev–Trinajstić information content (AvgIpc) is 3.09. The Morgan fingerprint density at radius 1 is 1.41 bits per heavy atom. The summed E-state index contributed by atoms with van der Waals surface area (Å²) in [6, 6.07) is 3.32. The number of aryl methyl sites for hydroxylation is 1. The summed E-state index contributed by atoms with van der Waals surface area (Å²) in [6.45, 7) is 5.04. The van der Waals surface area contributed by atoms with Crippen LogP contribution in [0, 0.1) is 0 Å². The van der Waals surface area contributed by atoms with E-state index in [9.17, 15) is 18.0 Å². The summed E-state index contributed by atoms with van der Waals surface area (Å²) in [4.78, 5) is 12.5. The number of benzene rings is 1. The van der Waals surface area contributed by atoms with Gasteiger partial charge in [0, 0.05) is 36.7 Å². The van der Waals surface area contributed by atoms with Crippen LogP contribution in [0.15, 0.2) is 36.8 Å². The third kappa shape index (κ3) is 4.90. The predicted molar refractivity (Wildman–Crippen MR) is 106 cm³/mol. The van der Waals surface area contributed by atoms with E-state index in [4.69, 9.17) is 0 Å². The molecule has 0 fully saturated rings. The predicted octanol–water partition coefficient (Wildman–Crippen LogP) is 3.23. The highest BCUT2D eigenvalue weighted by Gasteiger charge is 2.28. The van der Waals surface area contributed by atoms with Crippen LogP contribution >= 0.6 is 0 Å². The molecule has 1 aromatic heterocycles. The summed E-state index contributed by atoms with van der Waals surface area (Å²) in [6.07, 6.45) is 0.413. The number of aromatic nitrogens is 2. The van der Waals surface area contributed by atoms with Crippen molar-refractivity contribution in [2.45, 2.75) is 32.0 Å². The Morgan fingerprint density at radius 2 is 2.17 bits per heavy atom. The van der Waals surface area contributed by atoms with E-state index in [0.29, 0.717) is 24.9 Å². The quantitative estimate of drug-likeness (QED) is 0.659. The smallest absolute Gasteiger partial charge is 0.379 e. The maximum Gasteiger partial charge on any atom is 0.405 e. The van der Waals surface area contributed by atoms with Crippen molar-refractivity contribution in [3.8, 4) is 11.1 Å². The van der Waals surface area contributed by atoms with Crippen molar-refractivity contribution in [3.63, 3.8) is 0 Å². The molecule has 6 nitrogen and oxygen atoms in total. The summed E-state index contributed by atoms with van der Waals surface area (Å²) < 4.78 is 39.2. The molecular formula is C20H24F3N5O. The van der Waals surface area contributed by atoms with Gasteiger partial charge in [0.25, 0.3) is 5.91 Å². The van der Waals surface area contributed by atoms with Gasteiger partial charge in [-0.15, -0.1) is 0 Å². The third-order valence-corrected chi connectivity index (χ3v) is 4.83. The minimum Gasteiger partial charge on any atom is -0.379 e. The lowest BCUT2D eigenvalue weighted by Gasteiger charge is -2.25. The molecule has 2 heterocycles. The van der Waals surface area contributed by atoms with Gasteiger partial charge < -0.3 is 16.0 Å². The second kappa shape index (κ2) is 8.18. The highest BCUT2D eigenvalue weighted by Crippen LogP contribution is 2.32. The average molecular weight is 407 g/mol. The van der Waals surface area contributed by atoms with E-state index >= 15 is 0 Å².